The molecule has 0 saturated carbocycles. The van der Waals surface area contributed by atoms with Crippen molar-refractivity contribution in [3.63, 3.8) is 0 Å². The van der Waals surface area contributed by atoms with Crippen molar-refractivity contribution in [1.82, 2.24) is 9.78 Å². The smallest absolute Gasteiger partial charge is 0.327 e. The lowest BCUT2D eigenvalue weighted by Gasteiger charge is -2.04. The third-order valence-electron chi connectivity index (χ3n) is 2.58. The van der Waals surface area contributed by atoms with E-state index in [9.17, 15) is 18.4 Å². The Hall–Kier alpha value is -2.77. The summed E-state index contributed by atoms with van der Waals surface area (Å²) in [5, 5.41) is 6.18. The van der Waals surface area contributed by atoms with Crippen LogP contribution in [0.2, 0.25) is 0 Å². The number of rotatable bonds is 4. The van der Waals surface area contributed by atoms with E-state index in [2.05, 4.69) is 15.2 Å². The summed E-state index contributed by atoms with van der Waals surface area (Å²) in [6.45, 7) is -0.124. The van der Waals surface area contributed by atoms with E-state index in [1.807, 2.05) is 0 Å². The van der Waals surface area contributed by atoms with Crippen molar-refractivity contribution in [2.24, 2.45) is 0 Å². The number of carbonyl (C=O) groups excluding carboxylic acids is 2. The van der Waals surface area contributed by atoms with Crippen molar-refractivity contribution in [3.8, 4) is 0 Å². The third-order valence-corrected chi connectivity index (χ3v) is 2.58. The van der Waals surface area contributed by atoms with Crippen LogP contribution < -0.4 is 5.32 Å². The van der Waals surface area contributed by atoms with Crippen LogP contribution >= 0.6 is 0 Å². The minimum atomic E-state index is -0.837. The molecule has 1 aromatic carbocycles. The summed E-state index contributed by atoms with van der Waals surface area (Å²) in [5.74, 6) is -2.88. The zero-order chi connectivity index (χ0) is 15.4. The maximum atomic E-state index is 13.4. The van der Waals surface area contributed by atoms with Crippen LogP contribution in [0.5, 0.6) is 0 Å². The molecule has 0 aliphatic rings. The third kappa shape index (κ3) is 3.62. The second kappa shape index (κ2) is 6.12. The molecule has 0 spiro atoms. The van der Waals surface area contributed by atoms with Gasteiger partial charge in [-0.05, 0) is 18.2 Å². The number of nitrogens with one attached hydrogen (secondary N) is 1. The molecule has 0 fully saturated rings. The van der Waals surface area contributed by atoms with Crippen LogP contribution in [0.1, 0.15) is 10.4 Å². The highest BCUT2D eigenvalue weighted by molar-refractivity contribution is 6.04. The van der Waals surface area contributed by atoms with E-state index >= 15 is 0 Å². The number of methoxy groups -OCH3 is 1. The number of hydrogen-bond donors (Lipinski definition) is 1. The van der Waals surface area contributed by atoms with Crippen LogP contribution in [-0.4, -0.2) is 28.8 Å². The van der Waals surface area contributed by atoms with Crippen LogP contribution in [0.25, 0.3) is 0 Å². The Morgan fingerprint density at radius 2 is 2.14 bits per heavy atom. The quantitative estimate of drug-likeness (QED) is 0.869. The molecular formula is C13H11F2N3O3. The van der Waals surface area contributed by atoms with Gasteiger partial charge in [-0.25, -0.2) is 8.78 Å². The number of aromatic nitrogens is 2. The normalized spacial score (nSPS) is 10.2. The van der Waals surface area contributed by atoms with Crippen LogP contribution in [0.4, 0.5) is 14.5 Å². The zero-order valence-corrected chi connectivity index (χ0v) is 11.0. The van der Waals surface area contributed by atoms with Gasteiger partial charge in [0.15, 0.2) is 0 Å². The summed E-state index contributed by atoms with van der Waals surface area (Å²) in [4.78, 5) is 22.9. The Morgan fingerprint density at radius 1 is 1.38 bits per heavy atom. The molecule has 0 saturated heterocycles. The number of hydrogen-bond acceptors (Lipinski definition) is 4. The fourth-order valence-corrected chi connectivity index (χ4v) is 1.58. The van der Waals surface area contributed by atoms with Gasteiger partial charge in [0.25, 0.3) is 5.91 Å². The highest BCUT2D eigenvalue weighted by Crippen LogP contribution is 2.13. The molecular weight excluding hydrogens is 284 g/mol. The van der Waals surface area contributed by atoms with E-state index < -0.39 is 29.1 Å². The predicted molar refractivity (Wildman–Crippen MR) is 68.6 cm³/mol. The molecule has 1 amide bonds. The first-order valence-corrected chi connectivity index (χ1v) is 5.85. The first-order chi connectivity index (χ1) is 9.99. The average Bonchev–Trinajstić information content (AvgIpc) is 2.88. The molecule has 1 N–H and O–H groups in total. The Morgan fingerprint density at radius 3 is 2.86 bits per heavy atom. The highest BCUT2D eigenvalue weighted by atomic mass is 19.1. The monoisotopic (exact) mass is 295 g/mol. The van der Waals surface area contributed by atoms with E-state index in [1.54, 1.807) is 0 Å². The number of halogens is 2. The minimum Gasteiger partial charge on any atom is -0.468 e. The number of carbonyl (C=O) groups is 2. The lowest BCUT2D eigenvalue weighted by Crippen LogP contribution is -2.14. The van der Waals surface area contributed by atoms with Crippen LogP contribution in [0, 0.1) is 11.6 Å². The van der Waals surface area contributed by atoms with Gasteiger partial charge in [-0.1, -0.05) is 0 Å². The van der Waals surface area contributed by atoms with Gasteiger partial charge in [-0.3, -0.25) is 14.3 Å². The first kappa shape index (κ1) is 14.6. The number of ether oxygens (including phenoxy) is 1. The number of amides is 1. The molecule has 1 heterocycles. The molecule has 21 heavy (non-hydrogen) atoms. The van der Waals surface area contributed by atoms with E-state index in [0.717, 1.165) is 18.2 Å². The van der Waals surface area contributed by atoms with Crippen molar-refractivity contribution in [2.45, 2.75) is 6.54 Å². The topological polar surface area (TPSA) is 73.2 Å². The molecule has 2 rings (SSSR count). The van der Waals surface area contributed by atoms with Crippen LogP contribution in [-0.2, 0) is 16.1 Å². The molecule has 1 aromatic heterocycles. The highest BCUT2D eigenvalue weighted by Gasteiger charge is 2.14. The average molecular weight is 295 g/mol. The van der Waals surface area contributed by atoms with E-state index in [4.69, 9.17) is 0 Å². The molecule has 0 bridgehead atoms. The van der Waals surface area contributed by atoms with Gasteiger partial charge in [0.1, 0.15) is 18.2 Å². The summed E-state index contributed by atoms with van der Waals surface area (Å²) >= 11 is 0. The van der Waals surface area contributed by atoms with Gasteiger partial charge in [0, 0.05) is 6.20 Å². The van der Waals surface area contributed by atoms with Crippen molar-refractivity contribution >= 4 is 17.6 Å². The maximum Gasteiger partial charge on any atom is 0.327 e. The molecule has 0 aliphatic heterocycles. The number of nitrogens with zero attached hydrogens (tertiary/aromatic N) is 2. The second-order valence-corrected chi connectivity index (χ2v) is 4.08. The summed E-state index contributed by atoms with van der Waals surface area (Å²) in [5.41, 5.74) is -0.178. The van der Waals surface area contributed by atoms with Crippen molar-refractivity contribution < 1.29 is 23.1 Å². The molecule has 0 atom stereocenters. The molecule has 0 unspecified atom stereocenters. The van der Waals surface area contributed by atoms with Gasteiger partial charge in [-0.15, -0.1) is 0 Å². The number of benzene rings is 1. The lowest BCUT2D eigenvalue weighted by atomic mass is 10.2. The van der Waals surface area contributed by atoms with Gasteiger partial charge in [-0.2, -0.15) is 5.10 Å². The van der Waals surface area contributed by atoms with Gasteiger partial charge in [0.05, 0.1) is 24.6 Å². The van der Waals surface area contributed by atoms with Gasteiger partial charge >= 0.3 is 5.97 Å². The van der Waals surface area contributed by atoms with Gasteiger partial charge < -0.3 is 10.1 Å². The summed E-state index contributed by atoms with van der Waals surface area (Å²) in [7, 11) is 1.24. The summed E-state index contributed by atoms with van der Waals surface area (Å²) in [6.07, 6.45) is 2.64. The minimum absolute atomic E-state index is 0.124. The SMILES string of the molecule is COC(=O)Cn1cc(NC(=O)c2cc(F)ccc2F)cn1. The number of anilines is 1. The summed E-state index contributed by atoms with van der Waals surface area (Å²) < 4.78 is 32.2. The Labute approximate surface area is 118 Å². The van der Waals surface area contributed by atoms with Crippen molar-refractivity contribution in [1.29, 1.82) is 0 Å². The number of esters is 1. The lowest BCUT2D eigenvalue weighted by molar-refractivity contribution is -0.141. The Bertz CT molecular complexity index is 685. The molecule has 0 aliphatic carbocycles. The van der Waals surface area contributed by atoms with Crippen LogP contribution in [0.3, 0.4) is 0 Å². The standard InChI is InChI=1S/C13H11F2N3O3/c1-21-12(19)7-18-6-9(5-16-18)17-13(20)10-4-8(14)2-3-11(10)15/h2-6H,7H2,1H3,(H,17,20). The fourth-order valence-electron chi connectivity index (χ4n) is 1.58. The van der Waals surface area contributed by atoms with Crippen LogP contribution in [0.15, 0.2) is 30.6 Å². The molecule has 0 radical (unpaired) electrons. The fraction of sp³-hybridized carbons (Fsp3) is 0.154. The molecule has 2 aromatic rings. The molecule has 6 nitrogen and oxygen atoms in total. The molecule has 110 valence electrons. The van der Waals surface area contributed by atoms with E-state index in [-0.39, 0.29) is 12.2 Å². The first-order valence-electron chi connectivity index (χ1n) is 5.85. The van der Waals surface area contributed by atoms with Crippen molar-refractivity contribution in [3.05, 3.63) is 47.8 Å². The largest absolute Gasteiger partial charge is 0.468 e. The van der Waals surface area contributed by atoms with Crippen molar-refractivity contribution in [2.75, 3.05) is 12.4 Å². The predicted octanol–water partition coefficient (Wildman–Crippen LogP) is 1.59. The summed E-state index contributed by atoms with van der Waals surface area (Å²) in [6, 6.07) is 2.58. The Kier molecular flexibility index (Phi) is 4.27. The van der Waals surface area contributed by atoms with Gasteiger partial charge in [0.2, 0.25) is 0 Å². The second-order valence-electron chi connectivity index (χ2n) is 4.08. The molecule has 8 heteroatoms. The van der Waals surface area contributed by atoms with E-state index in [0.29, 0.717) is 0 Å². The van der Waals surface area contributed by atoms with E-state index in [1.165, 1.54) is 24.2 Å². The Balaban J connectivity index is 2.09. The maximum absolute atomic E-state index is 13.4. The zero-order valence-electron chi connectivity index (χ0n) is 11.0.